The molecule has 10 heteroatoms. The van der Waals surface area contributed by atoms with Gasteiger partial charge in [-0.15, -0.1) is 11.3 Å². The van der Waals surface area contributed by atoms with Crippen LogP contribution in [0.3, 0.4) is 0 Å². The average Bonchev–Trinajstić information content (AvgIpc) is 3.29. The second-order valence-electron chi connectivity index (χ2n) is 9.74. The zero-order valence-electron chi connectivity index (χ0n) is 17.8. The number of hydrogen-bond donors (Lipinski definition) is 1. The lowest BCUT2D eigenvalue weighted by atomic mass is 9.66. The van der Waals surface area contributed by atoms with Crippen molar-refractivity contribution in [2.24, 2.45) is 10.8 Å². The van der Waals surface area contributed by atoms with Crippen LogP contribution in [0.5, 0.6) is 0 Å². The van der Waals surface area contributed by atoms with Crippen LogP contribution in [-0.2, 0) is 25.7 Å². The number of hydrogen-bond acceptors (Lipinski definition) is 6. The van der Waals surface area contributed by atoms with Gasteiger partial charge in [-0.3, -0.25) is 14.4 Å². The number of alkyl halides is 2. The predicted octanol–water partition coefficient (Wildman–Crippen LogP) is 3.49. The van der Waals surface area contributed by atoms with E-state index in [2.05, 4.69) is 5.32 Å². The van der Waals surface area contributed by atoms with Gasteiger partial charge in [0.1, 0.15) is 5.00 Å². The molecule has 1 aromatic heterocycles. The summed E-state index contributed by atoms with van der Waals surface area (Å²) in [4.78, 5) is 41.0. The second kappa shape index (κ2) is 6.04. The molecule has 1 saturated carbocycles. The summed E-state index contributed by atoms with van der Waals surface area (Å²) in [5, 5.41) is 3.13. The quantitative estimate of drug-likeness (QED) is 0.707. The fourth-order valence-corrected chi connectivity index (χ4v) is 6.57. The third kappa shape index (κ3) is 2.49. The van der Waals surface area contributed by atoms with Crippen molar-refractivity contribution in [3.05, 3.63) is 16.0 Å². The summed E-state index contributed by atoms with van der Waals surface area (Å²) in [5.74, 6) is -4.32. The Kier molecular flexibility index (Phi) is 4.05. The number of likely N-dealkylation sites (tertiary alicyclic amines) is 1. The monoisotopic (exact) mass is 454 g/mol. The molecule has 3 atom stereocenters. The Labute approximate surface area is 182 Å². The highest BCUT2D eigenvalue weighted by molar-refractivity contribution is 7.17. The number of amides is 2. The highest BCUT2D eigenvalue weighted by atomic mass is 32.1. The average molecular weight is 454 g/mol. The van der Waals surface area contributed by atoms with E-state index in [1.54, 1.807) is 6.92 Å². The first kappa shape index (κ1) is 20.8. The number of esters is 1. The lowest BCUT2D eigenvalue weighted by molar-refractivity contribution is -0.165. The fraction of sp³-hybridized carbons (Fsp3) is 0.667. The van der Waals surface area contributed by atoms with Crippen molar-refractivity contribution in [3.8, 4) is 0 Å². The van der Waals surface area contributed by atoms with Crippen molar-refractivity contribution in [2.45, 2.75) is 64.8 Å². The Morgan fingerprint density at radius 2 is 1.87 bits per heavy atom. The normalized spacial score (nSPS) is 34.3. The number of carbonyl (C=O) groups is 3. The molecule has 0 spiro atoms. The smallest absolute Gasteiger partial charge is 0.313 e. The van der Waals surface area contributed by atoms with Gasteiger partial charge in [-0.25, -0.2) is 8.78 Å². The molecule has 1 aromatic rings. The molecule has 5 rings (SSSR count). The number of nitrogens with zero attached hydrogens (tertiary/aromatic N) is 1. The van der Waals surface area contributed by atoms with Gasteiger partial charge in [0, 0.05) is 15.9 Å². The maximum Gasteiger partial charge on any atom is 0.313 e. The Hall–Kier alpha value is -2.07. The highest BCUT2D eigenvalue weighted by Gasteiger charge is 2.75. The first-order valence-corrected chi connectivity index (χ1v) is 11.1. The molecule has 2 saturated heterocycles. The molecule has 3 fully saturated rings. The van der Waals surface area contributed by atoms with E-state index < -0.39 is 53.2 Å². The van der Waals surface area contributed by atoms with Crippen LogP contribution < -0.4 is 5.32 Å². The molecule has 2 bridgehead atoms. The van der Waals surface area contributed by atoms with Crippen molar-refractivity contribution in [1.29, 1.82) is 0 Å². The summed E-state index contributed by atoms with van der Waals surface area (Å²) in [6, 6.07) is 0. The SMILES string of the molecule is CC1OCc2sc(NC(=O)[C@@]34CC[C@@](C)(C(=O)O3)C4(C)C)c(C(=O)N3CC(F)(F)C3)c21. The molecular weight excluding hydrogens is 430 g/mol. The molecule has 4 aliphatic rings. The number of halogens is 2. The van der Waals surface area contributed by atoms with Crippen molar-refractivity contribution < 1.29 is 32.6 Å². The van der Waals surface area contributed by atoms with Crippen LogP contribution in [0.4, 0.5) is 13.8 Å². The van der Waals surface area contributed by atoms with E-state index in [9.17, 15) is 23.2 Å². The van der Waals surface area contributed by atoms with Gasteiger partial charge in [0.05, 0.1) is 36.8 Å². The van der Waals surface area contributed by atoms with E-state index in [0.717, 1.165) is 9.78 Å². The molecule has 4 heterocycles. The Bertz CT molecular complexity index is 1030. The number of fused-ring (bicyclic) bond motifs is 3. The molecule has 0 radical (unpaired) electrons. The molecule has 0 aromatic carbocycles. The molecule has 7 nitrogen and oxygen atoms in total. The Morgan fingerprint density at radius 1 is 1.19 bits per heavy atom. The molecule has 1 N–H and O–H groups in total. The topological polar surface area (TPSA) is 84.9 Å². The summed E-state index contributed by atoms with van der Waals surface area (Å²) in [7, 11) is 0. The molecular formula is C21H24F2N2O5S. The zero-order valence-corrected chi connectivity index (χ0v) is 18.6. The summed E-state index contributed by atoms with van der Waals surface area (Å²) < 4.78 is 38.0. The van der Waals surface area contributed by atoms with Crippen LogP contribution in [0.25, 0.3) is 0 Å². The fourth-order valence-electron chi connectivity index (χ4n) is 5.38. The van der Waals surface area contributed by atoms with Crippen LogP contribution in [0.1, 0.15) is 67.4 Å². The first-order chi connectivity index (χ1) is 14.3. The molecule has 3 aliphatic heterocycles. The van der Waals surface area contributed by atoms with E-state index >= 15 is 0 Å². The van der Waals surface area contributed by atoms with Gasteiger partial charge in [-0.05, 0) is 26.7 Å². The van der Waals surface area contributed by atoms with E-state index in [1.165, 1.54) is 11.3 Å². The number of anilines is 1. The van der Waals surface area contributed by atoms with Gasteiger partial charge >= 0.3 is 5.97 Å². The standard InChI is InChI=1S/C21H24F2N2O5S/c1-10-12-11(7-29-10)31-14(13(12)15(26)25-8-20(22,23)9-25)24-16(27)21-6-5-19(4,17(28)30-21)18(21,2)3/h10H,5-9H2,1-4H3,(H,24,27)/t10?,19-,21+/m0/s1. The maximum absolute atomic E-state index is 13.5. The zero-order chi connectivity index (χ0) is 22.6. The van der Waals surface area contributed by atoms with E-state index in [1.807, 2.05) is 20.8 Å². The van der Waals surface area contributed by atoms with E-state index in [-0.39, 0.29) is 18.3 Å². The first-order valence-electron chi connectivity index (χ1n) is 10.3. The number of nitrogens with one attached hydrogen (secondary N) is 1. The van der Waals surface area contributed by atoms with Crippen molar-refractivity contribution in [1.82, 2.24) is 4.90 Å². The van der Waals surface area contributed by atoms with Gasteiger partial charge < -0.3 is 19.7 Å². The lowest BCUT2D eigenvalue weighted by Gasteiger charge is -2.39. The number of rotatable bonds is 3. The summed E-state index contributed by atoms with van der Waals surface area (Å²) in [6.07, 6.45) is 0.541. The second-order valence-corrected chi connectivity index (χ2v) is 10.8. The van der Waals surface area contributed by atoms with Crippen LogP contribution in [0.2, 0.25) is 0 Å². The minimum absolute atomic E-state index is 0.202. The van der Waals surface area contributed by atoms with Gasteiger partial charge in [0.15, 0.2) is 5.60 Å². The molecule has 168 valence electrons. The summed E-state index contributed by atoms with van der Waals surface area (Å²) >= 11 is 1.21. The Morgan fingerprint density at radius 3 is 2.42 bits per heavy atom. The predicted molar refractivity (Wildman–Crippen MR) is 107 cm³/mol. The van der Waals surface area contributed by atoms with Gasteiger partial charge in [0.2, 0.25) is 0 Å². The van der Waals surface area contributed by atoms with E-state index in [0.29, 0.717) is 23.4 Å². The molecule has 1 unspecified atom stereocenters. The molecule has 1 aliphatic carbocycles. The third-order valence-corrected chi connectivity index (χ3v) is 9.01. The van der Waals surface area contributed by atoms with Crippen LogP contribution in [0, 0.1) is 10.8 Å². The number of ether oxygens (including phenoxy) is 2. The number of carbonyl (C=O) groups excluding carboxylic acids is 3. The lowest BCUT2D eigenvalue weighted by Crippen LogP contribution is -2.58. The van der Waals surface area contributed by atoms with Crippen molar-refractivity contribution >= 4 is 34.1 Å². The van der Waals surface area contributed by atoms with Crippen molar-refractivity contribution in [3.63, 3.8) is 0 Å². The third-order valence-electron chi connectivity index (χ3n) is 7.92. The summed E-state index contributed by atoms with van der Waals surface area (Å²) in [6.45, 7) is 6.30. The highest BCUT2D eigenvalue weighted by Crippen LogP contribution is 2.65. The minimum atomic E-state index is -2.89. The van der Waals surface area contributed by atoms with Crippen LogP contribution in [-0.4, -0.2) is 47.3 Å². The molecule has 2 amide bonds. The molecule has 31 heavy (non-hydrogen) atoms. The number of thiophene rings is 1. The minimum Gasteiger partial charge on any atom is -0.448 e. The Balaban J connectivity index is 1.50. The van der Waals surface area contributed by atoms with Crippen molar-refractivity contribution in [2.75, 3.05) is 18.4 Å². The van der Waals surface area contributed by atoms with Gasteiger partial charge in [0.25, 0.3) is 17.7 Å². The van der Waals surface area contributed by atoms with E-state index in [4.69, 9.17) is 9.47 Å². The van der Waals surface area contributed by atoms with Crippen LogP contribution in [0.15, 0.2) is 0 Å². The largest absolute Gasteiger partial charge is 0.448 e. The van der Waals surface area contributed by atoms with Gasteiger partial charge in [-0.1, -0.05) is 13.8 Å². The van der Waals surface area contributed by atoms with Gasteiger partial charge in [-0.2, -0.15) is 0 Å². The summed E-state index contributed by atoms with van der Waals surface area (Å²) in [5.41, 5.74) is -1.99. The van der Waals surface area contributed by atoms with Crippen LogP contribution >= 0.6 is 11.3 Å². The maximum atomic E-state index is 13.5.